The number of anilines is 2. The number of benzene rings is 2. The number of piperazine rings is 1. The molecule has 0 spiro atoms. The Labute approximate surface area is 190 Å². The first-order chi connectivity index (χ1) is 15.3. The molecule has 1 amide bonds. The lowest BCUT2D eigenvalue weighted by atomic mass is 9.99. The lowest BCUT2D eigenvalue weighted by Crippen LogP contribution is -2.49. The van der Waals surface area contributed by atoms with Gasteiger partial charge >= 0.3 is 0 Å². The van der Waals surface area contributed by atoms with E-state index in [1.807, 2.05) is 37.2 Å². The molecule has 1 saturated heterocycles. The van der Waals surface area contributed by atoms with Crippen molar-refractivity contribution in [2.75, 3.05) is 36.4 Å². The van der Waals surface area contributed by atoms with Crippen molar-refractivity contribution in [2.45, 2.75) is 27.7 Å². The Morgan fingerprint density at radius 2 is 1.41 bits per heavy atom. The molecule has 0 atom stereocenters. The molecule has 0 bridgehead atoms. The predicted molar refractivity (Wildman–Crippen MR) is 131 cm³/mol. The first kappa shape index (κ1) is 22.0. The number of aryl methyl sites for hydroxylation is 4. The van der Waals surface area contributed by atoms with E-state index in [1.165, 1.54) is 11.1 Å². The van der Waals surface area contributed by atoms with Crippen LogP contribution in [0.5, 0.6) is 0 Å². The van der Waals surface area contributed by atoms with E-state index >= 15 is 0 Å². The van der Waals surface area contributed by atoms with Gasteiger partial charge in [0.15, 0.2) is 0 Å². The largest absolute Gasteiger partial charge is 0.367 e. The fourth-order valence-electron chi connectivity index (χ4n) is 4.47. The molecule has 166 valence electrons. The fraction of sp³-hybridized carbons (Fsp3) is 0.308. The maximum Gasteiger partial charge on any atom is 0.255 e. The third-order valence-electron chi connectivity index (χ3n) is 5.81. The zero-order valence-corrected chi connectivity index (χ0v) is 19.3. The highest BCUT2D eigenvalue weighted by molar-refractivity contribution is 6.07. The highest BCUT2D eigenvalue weighted by atomic mass is 16.1. The van der Waals surface area contributed by atoms with Crippen LogP contribution < -0.4 is 16.1 Å². The first-order valence-electron chi connectivity index (χ1n) is 11.0. The summed E-state index contributed by atoms with van der Waals surface area (Å²) in [6.45, 7) is 11.3. The minimum absolute atomic E-state index is 0.130. The summed E-state index contributed by atoms with van der Waals surface area (Å²) >= 11 is 0. The maximum atomic E-state index is 13.2. The number of amides is 1. The fourth-order valence-corrected chi connectivity index (χ4v) is 4.47. The summed E-state index contributed by atoms with van der Waals surface area (Å²) < 4.78 is 0. The summed E-state index contributed by atoms with van der Waals surface area (Å²) in [6.07, 6.45) is 3.64. The van der Waals surface area contributed by atoms with Gasteiger partial charge < -0.3 is 10.2 Å². The van der Waals surface area contributed by atoms with E-state index in [0.29, 0.717) is 5.56 Å². The number of nitrogens with one attached hydrogen (secondary N) is 1. The summed E-state index contributed by atoms with van der Waals surface area (Å²) in [7, 11) is 0. The third kappa shape index (κ3) is 4.82. The van der Waals surface area contributed by atoms with E-state index in [2.05, 4.69) is 53.3 Å². The van der Waals surface area contributed by atoms with Crippen molar-refractivity contribution in [2.24, 2.45) is 5.84 Å². The first-order valence-corrected chi connectivity index (χ1v) is 11.0. The normalized spacial score (nSPS) is 14.5. The van der Waals surface area contributed by atoms with Crippen molar-refractivity contribution in [3.8, 4) is 11.1 Å². The molecule has 2 heterocycles. The Morgan fingerprint density at radius 3 is 2.00 bits per heavy atom. The number of nitrogens with zero attached hydrogens (tertiary/aromatic N) is 3. The molecule has 1 aliphatic heterocycles. The third-order valence-corrected chi connectivity index (χ3v) is 5.81. The van der Waals surface area contributed by atoms with Crippen LogP contribution in [0.3, 0.4) is 0 Å². The second kappa shape index (κ2) is 9.10. The Balaban J connectivity index is 1.78. The molecule has 6 heteroatoms. The maximum absolute atomic E-state index is 13.2. The van der Waals surface area contributed by atoms with E-state index < -0.39 is 0 Å². The van der Waals surface area contributed by atoms with E-state index in [9.17, 15) is 4.79 Å². The number of hydrogen-bond acceptors (Lipinski definition) is 5. The molecular weight excluding hydrogens is 398 g/mol. The molecule has 0 saturated carbocycles. The van der Waals surface area contributed by atoms with Crippen LogP contribution in [0.1, 0.15) is 32.6 Å². The number of carbonyl (C=O) groups excluding carboxylic acids is 1. The van der Waals surface area contributed by atoms with Gasteiger partial charge in [-0.3, -0.25) is 15.6 Å². The van der Waals surface area contributed by atoms with Gasteiger partial charge in [0.2, 0.25) is 0 Å². The summed E-state index contributed by atoms with van der Waals surface area (Å²) in [5.41, 5.74) is 9.00. The van der Waals surface area contributed by atoms with Gasteiger partial charge in [-0.25, -0.2) is 5.01 Å². The number of rotatable bonds is 4. The predicted octanol–water partition coefficient (Wildman–Crippen LogP) is 4.23. The molecule has 0 aliphatic carbocycles. The van der Waals surface area contributed by atoms with Crippen molar-refractivity contribution in [1.82, 2.24) is 9.99 Å². The van der Waals surface area contributed by atoms with Gasteiger partial charge in [-0.2, -0.15) is 0 Å². The Hall–Kier alpha value is -3.22. The van der Waals surface area contributed by atoms with Crippen LogP contribution in [0, 0.1) is 27.7 Å². The van der Waals surface area contributed by atoms with Crippen LogP contribution in [-0.4, -0.2) is 42.1 Å². The minimum Gasteiger partial charge on any atom is -0.367 e. The topological polar surface area (TPSA) is 74.5 Å². The van der Waals surface area contributed by atoms with Gasteiger partial charge in [-0.1, -0.05) is 46.5 Å². The van der Waals surface area contributed by atoms with Crippen LogP contribution in [0.4, 0.5) is 11.4 Å². The summed E-state index contributed by atoms with van der Waals surface area (Å²) in [5.74, 6) is 5.88. The smallest absolute Gasteiger partial charge is 0.255 e. The highest BCUT2D eigenvalue weighted by Crippen LogP contribution is 2.38. The lowest BCUT2D eigenvalue weighted by molar-refractivity contribution is 0.102. The SMILES string of the molecule is Cc1cc(C)cc(C(=O)Nc2cncc(-c3cc(C)cc(C)c3)c2N2CCN(N)CC2)c1. The molecule has 3 N–H and O–H groups in total. The number of aromatic nitrogens is 1. The van der Waals surface area contributed by atoms with Crippen molar-refractivity contribution < 1.29 is 4.79 Å². The van der Waals surface area contributed by atoms with Gasteiger partial charge in [0.1, 0.15) is 0 Å². The summed E-state index contributed by atoms with van der Waals surface area (Å²) in [4.78, 5) is 20.0. The Kier molecular flexibility index (Phi) is 6.26. The quantitative estimate of drug-likeness (QED) is 0.607. The van der Waals surface area contributed by atoms with Crippen LogP contribution in [0.25, 0.3) is 11.1 Å². The number of hydrogen-bond donors (Lipinski definition) is 2. The zero-order valence-electron chi connectivity index (χ0n) is 19.3. The molecule has 0 unspecified atom stereocenters. The number of carbonyl (C=O) groups is 1. The van der Waals surface area contributed by atoms with Crippen LogP contribution in [0.2, 0.25) is 0 Å². The van der Waals surface area contributed by atoms with E-state index in [-0.39, 0.29) is 5.91 Å². The summed E-state index contributed by atoms with van der Waals surface area (Å²) in [5, 5.41) is 4.98. The molecule has 3 aromatic rings. The number of nitrogens with two attached hydrogens (primary N) is 1. The number of hydrazine groups is 1. The van der Waals surface area contributed by atoms with E-state index in [1.54, 1.807) is 6.20 Å². The summed E-state index contributed by atoms with van der Waals surface area (Å²) in [6, 6.07) is 12.4. The zero-order chi connectivity index (χ0) is 22.8. The van der Waals surface area contributed by atoms with E-state index in [4.69, 9.17) is 5.84 Å². The van der Waals surface area contributed by atoms with Crippen molar-refractivity contribution >= 4 is 17.3 Å². The molecule has 1 fully saturated rings. The second-order valence-corrected chi connectivity index (χ2v) is 8.81. The second-order valence-electron chi connectivity index (χ2n) is 8.81. The average molecular weight is 430 g/mol. The molecule has 1 aliphatic rings. The monoisotopic (exact) mass is 429 g/mol. The van der Waals surface area contributed by atoms with Crippen LogP contribution in [-0.2, 0) is 0 Å². The molecule has 6 nitrogen and oxygen atoms in total. The van der Waals surface area contributed by atoms with Crippen molar-refractivity contribution in [3.05, 3.63) is 76.6 Å². The highest BCUT2D eigenvalue weighted by Gasteiger charge is 2.23. The van der Waals surface area contributed by atoms with Gasteiger partial charge in [0.05, 0.1) is 17.6 Å². The van der Waals surface area contributed by atoms with Crippen LogP contribution in [0.15, 0.2) is 48.8 Å². The minimum atomic E-state index is -0.130. The Bertz CT molecular complexity index is 1110. The number of pyridine rings is 1. The van der Waals surface area contributed by atoms with Crippen molar-refractivity contribution in [3.63, 3.8) is 0 Å². The molecular formula is C26H31N5O. The molecule has 2 aromatic carbocycles. The van der Waals surface area contributed by atoms with Gasteiger partial charge in [-0.05, 0) is 45.4 Å². The average Bonchev–Trinajstić information content (AvgIpc) is 2.73. The van der Waals surface area contributed by atoms with Crippen LogP contribution >= 0.6 is 0 Å². The standard InChI is InChI=1S/C26H31N5O/c1-17-9-18(2)12-21(11-17)23-15-28-16-24(25(23)30-5-7-31(27)8-6-30)29-26(32)22-13-19(3)10-20(4)14-22/h9-16H,5-8,27H2,1-4H3,(H,29,32). The van der Waals surface area contributed by atoms with Gasteiger partial charge in [0, 0.05) is 43.5 Å². The Morgan fingerprint density at radius 1 is 0.844 bits per heavy atom. The van der Waals surface area contributed by atoms with Crippen molar-refractivity contribution in [1.29, 1.82) is 0 Å². The van der Waals surface area contributed by atoms with Gasteiger partial charge in [0.25, 0.3) is 5.91 Å². The lowest BCUT2D eigenvalue weighted by Gasteiger charge is -2.36. The molecule has 4 rings (SSSR count). The van der Waals surface area contributed by atoms with E-state index in [0.717, 1.165) is 59.8 Å². The van der Waals surface area contributed by atoms with Gasteiger partial charge in [-0.15, -0.1) is 0 Å². The molecule has 1 aromatic heterocycles. The molecule has 0 radical (unpaired) electrons. The molecule has 32 heavy (non-hydrogen) atoms.